The number of hydrogen-bond acceptors (Lipinski definition) is 5. The van der Waals surface area contributed by atoms with E-state index < -0.39 is 5.97 Å². The third-order valence-corrected chi connectivity index (χ3v) is 4.14. The van der Waals surface area contributed by atoms with E-state index >= 15 is 0 Å². The second-order valence-electron chi connectivity index (χ2n) is 4.25. The Morgan fingerprint density at radius 1 is 1.40 bits per heavy atom. The maximum atomic E-state index is 12.2. The maximum absolute atomic E-state index is 12.2. The molecule has 1 heterocycles. The minimum Gasteiger partial charge on any atom is -0.468 e. The second kappa shape index (κ2) is 6.19. The molecule has 0 saturated carbocycles. The van der Waals surface area contributed by atoms with Crippen LogP contribution in [0.4, 0.5) is 0 Å². The van der Waals surface area contributed by atoms with E-state index in [4.69, 9.17) is 12.2 Å². The number of aryl methyl sites for hydroxylation is 1. The Kier molecular flexibility index (Phi) is 4.57. The molecule has 20 heavy (non-hydrogen) atoms. The molecule has 0 spiro atoms. The first-order valence-electron chi connectivity index (χ1n) is 5.90. The minimum atomic E-state index is -0.488. The highest BCUT2D eigenvalue weighted by molar-refractivity contribution is 8.26. The highest BCUT2D eigenvalue weighted by Crippen LogP contribution is 2.32. The Morgan fingerprint density at radius 2 is 2.05 bits per heavy atom. The van der Waals surface area contributed by atoms with E-state index in [1.54, 1.807) is 6.08 Å². The number of thioether (sulfide) groups is 1. The van der Waals surface area contributed by atoms with Crippen molar-refractivity contribution in [3.63, 3.8) is 0 Å². The van der Waals surface area contributed by atoms with Gasteiger partial charge in [0.05, 0.1) is 12.0 Å². The molecule has 0 radical (unpaired) electrons. The number of rotatable bonds is 3. The van der Waals surface area contributed by atoms with E-state index in [2.05, 4.69) is 4.74 Å². The van der Waals surface area contributed by atoms with Crippen LogP contribution in [0.15, 0.2) is 29.2 Å². The Hall–Kier alpha value is -1.66. The average Bonchev–Trinajstić information content (AvgIpc) is 2.69. The lowest BCUT2D eigenvalue weighted by Crippen LogP contribution is -2.33. The van der Waals surface area contributed by atoms with Gasteiger partial charge in [-0.05, 0) is 18.6 Å². The summed E-state index contributed by atoms with van der Waals surface area (Å²) in [4.78, 5) is 25.2. The monoisotopic (exact) mass is 307 g/mol. The lowest BCUT2D eigenvalue weighted by Gasteiger charge is -2.11. The predicted octanol–water partition coefficient (Wildman–Crippen LogP) is 2.37. The first kappa shape index (κ1) is 14.7. The van der Waals surface area contributed by atoms with Gasteiger partial charge in [0.1, 0.15) is 10.9 Å². The fourth-order valence-corrected chi connectivity index (χ4v) is 2.90. The molecular weight excluding hydrogens is 294 g/mol. The summed E-state index contributed by atoms with van der Waals surface area (Å²) in [5.74, 6) is -0.746. The van der Waals surface area contributed by atoms with Crippen LogP contribution in [0.1, 0.15) is 11.1 Å². The van der Waals surface area contributed by atoms with Gasteiger partial charge < -0.3 is 4.74 Å². The number of nitrogens with zero attached hydrogens (tertiary/aromatic N) is 1. The van der Waals surface area contributed by atoms with E-state index in [0.29, 0.717) is 9.23 Å². The molecule has 0 N–H and O–H groups in total. The fraction of sp³-hybridized carbons (Fsp3) is 0.214. The minimum absolute atomic E-state index is 0.146. The van der Waals surface area contributed by atoms with Gasteiger partial charge in [-0.2, -0.15) is 0 Å². The normalized spacial score (nSPS) is 16.9. The van der Waals surface area contributed by atoms with Gasteiger partial charge in [-0.15, -0.1) is 0 Å². The smallest absolute Gasteiger partial charge is 0.325 e. The largest absolute Gasteiger partial charge is 0.468 e. The Morgan fingerprint density at radius 3 is 2.65 bits per heavy atom. The SMILES string of the molecule is COC(=O)CN1C(=O)C(=Cc2ccc(C)cc2)SC1=S. The van der Waals surface area contributed by atoms with Crippen molar-refractivity contribution in [3.8, 4) is 0 Å². The molecule has 0 aliphatic carbocycles. The van der Waals surface area contributed by atoms with E-state index in [0.717, 1.165) is 11.1 Å². The molecule has 1 aromatic carbocycles. The van der Waals surface area contributed by atoms with Crippen LogP contribution >= 0.6 is 24.0 Å². The number of thiocarbonyl (C=S) groups is 1. The van der Waals surface area contributed by atoms with Gasteiger partial charge >= 0.3 is 5.97 Å². The molecule has 1 amide bonds. The van der Waals surface area contributed by atoms with Gasteiger partial charge in [-0.25, -0.2) is 0 Å². The molecule has 0 bridgehead atoms. The first-order chi connectivity index (χ1) is 9.51. The summed E-state index contributed by atoms with van der Waals surface area (Å²) in [6.45, 7) is 1.85. The van der Waals surface area contributed by atoms with Crippen molar-refractivity contribution in [3.05, 3.63) is 40.3 Å². The van der Waals surface area contributed by atoms with Crippen molar-refractivity contribution in [1.82, 2.24) is 4.90 Å². The summed E-state index contributed by atoms with van der Waals surface area (Å²) < 4.78 is 4.93. The van der Waals surface area contributed by atoms with Crippen molar-refractivity contribution >= 4 is 46.3 Å². The van der Waals surface area contributed by atoms with Crippen LogP contribution in [-0.4, -0.2) is 34.8 Å². The van der Waals surface area contributed by atoms with Crippen molar-refractivity contribution in [1.29, 1.82) is 0 Å². The van der Waals surface area contributed by atoms with E-state index in [1.807, 2.05) is 31.2 Å². The van der Waals surface area contributed by atoms with Gasteiger partial charge in [-0.1, -0.05) is 53.8 Å². The van der Waals surface area contributed by atoms with Crippen LogP contribution in [-0.2, 0) is 14.3 Å². The number of carbonyl (C=O) groups is 2. The van der Waals surface area contributed by atoms with E-state index in [-0.39, 0.29) is 12.5 Å². The lowest BCUT2D eigenvalue weighted by molar-refractivity contribution is -0.143. The molecule has 6 heteroatoms. The molecule has 0 aromatic heterocycles. The van der Waals surface area contributed by atoms with Crippen LogP contribution < -0.4 is 0 Å². The van der Waals surface area contributed by atoms with Crippen molar-refractivity contribution in [2.75, 3.05) is 13.7 Å². The standard InChI is InChI=1S/C14H13NO3S2/c1-9-3-5-10(6-4-9)7-11-13(17)15(14(19)20-11)8-12(16)18-2/h3-7H,8H2,1-2H3. The summed E-state index contributed by atoms with van der Waals surface area (Å²) in [6.07, 6.45) is 1.77. The third-order valence-electron chi connectivity index (χ3n) is 2.76. The zero-order valence-corrected chi connectivity index (χ0v) is 12.7. The lowest BCUT2D eigenvalue weighted by atomic mass is 10.1. The average molecular weight is 307 g/mol. The molecule has 1 aromatic rings. The molecule has 1 aliphatic heterocycles. The summed E-state index contributed by atoms with van der Waals surface area (Å²) in [5.41, 5.74) is 2.08. The molecule has 104 valence electrons. The number of hydrogen-bond donors (Lipinski definition) is 0. The Labute approximate surface area is 126 Å². The van der Waals surface area contributed by atoms with Crippen molar-refractivity contribution in [2.45, 2.75) is 6.92 Å². The number of carbonyl (C=O) groups excluding carboxylic acids is 2. The summed E-state index contributed by atoms with van der Waals surface area (Å²) in [6, 6.07) is 7.81. The molecular formula is C14H13NO3S2. The van der Waals surface area contributed by atoms with Gasteiger partial charge in [0.15, 0.2) is 0 Å². The quantitative estimate of drug-likeness (QED) is 0.487. The fourth-order valence-electron chi connectivity index (χ4n) is 1.64. The Balaban J connectivity index is 2.19. The highest BCUT2D eigenvalue weighted by Gasteiger charge is 2.33. The number of benzene rings is 1. The number of amides is 1. The second-order valence-corrected chi connectivity index (χ2v) is 5.93. The van der Waals surface area contributed by atoms with Gasteiger partial charge in [-0.3, -0.25) is 14.5 Å². The molecule has 2 rings (SSSR count). The number of methoxy groups -OCH3 is 1. The first-order valence-corrected chi connectivity index (χ1v) is 7.12. The van der Waals surface area contributed by atoms with Gasteiger partial charge in [0.2, 0.25) is 0 Å². The van der Waals surface area contributed by atoms with Crippen molar-refractivity contribution in [2.24, 2.45) is 0 Å². The third kappa shape index (κ3) is 3.26. The number of ether oxygens (including phenoxy) is 1. The topological polar surface area (TPSA) is 46.6 Å². The molecule has 0 atom stereocenters. The van der Waals surface area contributed by atoms with Crippen LogP contribution in [0, 0.1) is 6.92 Å². The van der Waals surface area contributed by atoms with Crippen LogP contribution in [0.25, 0.3) is 6.08 Å². The maximum Gasteiger partial charge on any atom is 0.325 e. The molecule has 4 nitrogen and oxygen atoms in total. The summed E-state index contributed by atoms with van der Waals surface area (Å²) in [5, 5.41) is 0. The molecule has 1 saturated heterocycles. The van der Waals surface area contributed by atoms with E-state index in [1.165, 1.54) is 23.8 Å². The van der Waals surface area contributed by atoms with Crippen LogP contribution in [0.2, 0.25) is 0 Å². The predicted molar refractivity (Wildman–Crippen MR) is 83.1 cm³/mol. The van der Waals surface area contributed by atoms with Gasteiger partial charge in [0.25, 0.3) is 5.91 Å². The summed E-state index contributed by atoms with van der Waals surface area (Å²) in [7, 11) is 1.28. The molecule has 1 fully saturated rings. The van der Waals surface area contributed by atoms with E-state index in [9.17, 15) is 9.59 Å². The zero-order chi connectivity index (χ0) is 14.7. The van der Waals surface area contributed by atoms with Crippen molar-refractivity contribution < 1.29 is 14.3 Å². The Bertz CT molecular complexity index is 593. The highest BCUT2D eigenvalue weighted by atomic mass is 32.2. The van der Waals surface area contributed by atoms with Gasteiger partial charge in [0, 0.05) is 0 Å². The van der Waals surface area contributed by atoms with Crippen LogP contribution in [0.3, 0.4) is 0 Å². The van der Waals surface area contributed by atoms with Crippen LogP contribution in [0.5, 0.6) is 0 Å². The molecule has 1 aliphatic rings. The zero-order valence-electron chi connectivity index (χ0n) is 11.1. The molecule has 0 unspecified atom stereocenters. The number of esters is 1. The summed E-state index contributed by atoms with van der Waals surface area (Å²) >= 11 is 6.31.